The fourth-order valence-electron chi connectivity index (χ4n) is 5.39. The van der Waals surface area contributed by atoms with Crippen LogP contribution in [0.15, 0.2) is 71.9 Å². The lowest BCUT2D eigenvalue weighted by Crippen LogP contribution is -2.24. The SMILES string of the molecule is Cc1c(COc2cc(OCc3cncc(S(C)(=O)=O)c3)c(C=O)cc2Cl)cccc1-c1cccc(OCCCN2CC[C@@H](O)C2)c1Cl. The second-order valence-corrected chi connectivity index (χ2v) is 14.3. The molecule has 1 fully saturated rings. The van der Waals surface area contributed by atoms with E-state index in [9.17, 15) is 18.3 Å². The zero-order chi connectivity index (χ0) is 33.6. The van der Waals surface area contributed by atoms with Crippen molar-refractivity contribution in [1.29, 1.82) is 0 Å². The Morgan fingerprint density at radius 2 is 1.74 bits per heavy atom. The van der Waals surface area contributed by atoms with Crippen molar-refractivity contribution in [1.82, 2.24) is 9.88 Å². The molecular formula is C35H36Cl2N2O7S. The number of β-amino-alcohol motifs (C(OH)–C–C–N with tert-alkyl or cyclic N) is 1. The molecule has 47 heavy (non-hydrogen) atoms. The Morgan fingerprint density at radius 3 is 2.49 bits per heavy atom. The standard InChI is InChI=1S/C35H36Cl2N2O7S/c1-23-25(6-3-7-29(23)30-8-4-9-32(35(30)37)44-13-5-11-39-12-10-27(41)19-39)22-46-34-16-33(26(20-40)15-31(34)36)45-21-24-14-28(18-38-17-24)47(2,42)43/h3-4,6-9,14-18,20,27,41H,5,10-13,19,21-22H2,1-2H3/t27-/m1/s1. The van der Waals surface area contributed by atoms with Crippen LogP contribution in [0.3, 0.4) is 0 Å². The molecular weight excluding hydrogens is 663 g/mol. The summed E-state index contributed by atoms with van der Waals surface area (Å²) in [6.45, 7) is 5.15. The number of likely N-dealkylation sites (tertiary alicyclic amines) is 1. The fourth-order valence-corrected chi connectivity index (χ4v) is 6.51. The van der Waals surface area contributed by atoms with E-state index in [0.29, 0.717) is 41.5 Å². The number of halogens is 2. The first kappa shape index (κ1) is 34.7. The quantitative estimate of drug-likeness (QED) is 0.115. The number of carbonyl (C=O) groups is 1. The maximum absolute atomic E-state index is 11.9. The Labute approximate surface area is 284 Å². The molecule has 1 aliphatic rings. The number of hydrogen-bond donors (Lipinski definition) is 1. The summed E-state index contributed by atoms with van der Waals surface area (Å²) in [4.78, 5) is 18.1. The molecule has 1 N–H and O–H groups in total. The third kappa shape index (κ3) is 8.82. The Kier molecular flexibility index (Phi) is 11.4. The van der Waals surface area contributed by atoms with Crippen LogP contribution in [0.4, 0.5) is 0 Å². The number of aldehydes is 1. The molecule has 3 aromatic carbocycles. The normalized spacial score (nSPS) is 15.0. The van der Waals surface area contributed by atoms with E-state index >= 15 is 0 Å². The van der Waals surface area contributed by atoms with Crippen molar-refractivity contribution in [2.75, 3.05) is 32.5 Å². The average molecular weight is 700 g/mol. The predicted molar refractivity (Wildman–Crippen MR) is 182 cm³/mol. The largest absolute Gasteiger partial charge is 0.492 e. The minimum atomic E-state index is -3.44. The first-order chi connectivity index (χ1) is 22.5. The molecule has 0 spiro atoms. The number of ether oxygens (including phenoxy) is 3. The summed E-state index contributed by atoms with van der Waals surface area (Å²) in [7, 11) is -3.44. The Balaban J connectivity index is 1.27. The van der Waals surface area contributed by atoms with Crippen molar-refractivity contribution in [3.05, 3.63) is 99.3 Å². The number of rotatable bonds is 14. The van der Waals surface area contributed by atoms with E-state index in [1.807, 2.05) is 43.3 Å². The molecule has 0 saturated carbocycles. The van der Waals surface area contributed by atoms with Gasteiger partial charge in [0.25, 0.3) is 0 Å². The molecule has 2 heterocycles. The molecule has 0 radical (unpaired) electrons. The van der Waals surface area contributed by atoms with Gasteiger partial charge in [0.15, 0.2) is 16.1 Å². The first-order valence-electron chi connectivity index (χ1n) is 15.1. The fraction of sp³-hybridized carbons (Fsp3) is 0.314. The highest BCUT2D eigenvalue weighted by Gasteiger charge is 2.20. The molecule has 1 aliphatic heterocycles. The lowest BCUT2D eigenvalue weighted by Gasteiger charge is -2.17. The van der Waals surface area contributed by atoms with Crippen LogP contribution in [0.2, 0.25) is 10.0 Å². The van der Waals surface area contributed by atoms with Crippen molar-refractivity contribution in [3.63, 3.8) is 0 Å². The number of nitrogens with zero attached hydrogens (tertiary/aromatic N) is 2. The van der Waals surface area contributed by atoms with Gasteiger partial charge in [0.2, 0.25) is 0 Å². The highest BCUT2D eigenvalue weighted by Crippen LogP contribution is 2.38. The lowest BCUT2D eigenvalue weighted by molar-refractivity contribution is 0.111. The van der Waals surface area contributed by atoms with E-state index in [2.05, 4.69) is 9.88 Å². The third-order valence-electron chi connectivity index (χ3n) is 7.99. The summed E-state index contributed by atoms with van der Waals surface area (Å²) >= 11 is 13.3. The smallest absolute Gasteiger partial charge is 0.177 e. The maximum atomic E-state index is 11.9. The maximum Gasteiger partial charge on any atom is 0.177 e. The average Bonchev–Trinajstić information content (AvgIpc) is 3.47. The van der Waals surface area contributed by atoms with Gasteiger partial charge >= 0.3 is 0 Å². The Hall–Kier alpha value is -3.67. The zero-order valence-electron chi connectivity index (χ0n) is 26.1. The van der Waals surface area contributed by atoms with Crippen LogP contribution in [0.5, 0.6) is 17.2 Å². The van der Waals surface area contributed by atoms with Gasteiger partial charge in [-0.2, -0.15) is 0 Å². The van der Waals surface area contributed by atoms with Crippen LogP contribution < -0.4 is 14.2 Å². The van der Waals surface area contributed by atoms with Crippen LogP contribution in [0, 0.1) is 6.92 Å². The Bertz CT molecular complexity index is 1850. The molecule has 0 aliphatic carbocycles. The van der Waals surface area contributed by atoms with E-state index in [4.69, 9.17) is 37.4 Å². The number of carbonyl (C=O) groups excluding carboxylic acids is 1. The minimum absolute atomic E-state index is 0.0223. The van der Waals surface area contributed by atoms with Crippen LogP contribution >= 0.6 is 23.2 Å². The molecule has 4 aromatic rings. The number of benzene rings is 3. The van der Waals surface area contributed by atoms with Gasteiger partial charge in [-0.15, -0.1) is 0 Å². The van der Waals surface area contributed by atoms with Crippen LogP contribution in [0.1, 0.15) is 39.9 Å². The summed E-state index contributed by atoms with van der Waals surface area (Å²) in [6.07, 6.45) is 5.91. The Morgan fingerprint density at radius 1 is 0.979 bits per heavy atom. The first-order valence-corrected chi connectivity index (χ1v) is 17.8. The second kappa shape index (κ2) is 15.5. The molecule has 1 atom stereocenters. The third-order valence-corrected chi connectivity index (χ3v) is 9.75. The van der Waals surface area contributed by atoms with Crippen molar-refractivity contribution < 1.29 is 32.5 Å². The van der Waals surface area contributed by atoms with Crippen molar-refractivity contribution in [2.24, 2.45) is 0 Å². The van der Waals surface area contributed by atoms with Gasteiger partial charge in [-0.25, -0.2) is 8.42 Å². The van der Waals surface area contributed by atoms with Gasteiger partial charge in [-0.05, 0) is 54.7 Å². The number of hydrogen-bond acceptors (Lipinski definition) is 9. The van der Waals surface area contributed by atoms with Crippen molar-refractivity contribution in [3.8, 4) is 28.4 Å². The van der Waals surface area contributed by atoms with Gasteiger partial charge in [-0.1, -0.05) is 53.5 Å². The predicted octanol–water partition coefficient (Wildman–Crippen LogP) is 6.57. The van der Waals surface area contributed by atoms with E-state index < -0.39 is 9.84 Å². The topological polar surface area (TPSA) is 115 Å². The summed E-state index contributed by atoms with van der Waals surface area (Å²) in [6, 6.07) is 16.1. The van der Waals surface area contributed by atoms with Crippen LogP contribution in [0.25, 0.3) is 11.1 Å². The van der Waals surface area contributed by atoms with Gasteiger partial charge in [0.05, 0.1) is 33.2 Å². The zero-order valence-corrected chi connectivity index (χ0v) is 28.4. The molecule has 0 amide bonds. The molecule has 0 unspecified atom stereocenters. The van der Waals surface area contributed by atoms with E-state index in [1.165, 1.54) is 24.5 Å². The highest BCUT2D eigenvalue weighted by atomic mass is 35.5. The second-order valence-electron chi connectivity index (χ2n) is 11.5. The van der Waals surface area contributed by atoms with Crippen molar-refractivity contribution >= 4 is 39.3 Å². The van der Waals surface area contributed by atoms with Crippen molar-refractivity contribution in [2.45, 2.75) is 44.0 Å². The number of aliphatic hydroxyl groups is 1. The number of pyridine rings is 1. The number of aromatic nitrogens is 1. The molecule has 1 saturated heterocycles. The molecule has 0 bridgehead atoms. The summed E-state index contributed by atoms with van der Waals surface area (Å²) in [5.74, 6) is 1.16. The van der Waals surface area contributed by atoms with E-state index in [-0.39, 0.29) is 40.5 Å². The molecule has 1 aromatic heterocycles. The highest BCUT2D eigenvalue weighted by molar-refractivity contribution is 7.90. The van der Waals surface area contributed by atoms with Gasteiger partial charge in [0, 0.05) is 55.5 Å². The summed E-state index contributed by atoms with van der Waals surface area (Å²) < 4.78 is 41.9. The molecule has 248 valence electrons. The number of aliphatic hydroxyl groups excluding tert-OH is 1. The monoisotopic (exact) mass is 698 g/mol. The van der Waals surface area contributed by atoms with Crippen LogP contribution in [-0.4, -0.2) is 68.3 Å². The van der Waals surface area contributed by atoms with E-state index in [1.54, 1.807) is 6.07 Å². The minimum Gasteiger partial charge on any atom is -0.492 e. The van der Waals surface area contributed by atoms with Gasteiger partial charge < -0.3 is 24.2 Å². The lowest BCUT2D eigenvalue weighted by atomic mass is 9.96. The number of sulfone groups is 1. The summed E-state index contributed by atoms with van der Waals surface area (Å²) in [5, 5.41) is 10.5. The molecule has 9 nitrogen and oxygen atoms in total. The van der Waals surface area contributed by atoms with Crippen LogP contribution in [-0.2, 0) is 23.1 Å². The summed E-state index contributed by atoms with van der Waals surface area (Å²) in [5.41, 5.74) is 4.38. The van der Waals surface area contributed by atoms with Gasteiger partial charge in [0.1, 0.15) is 30.5 Å². The molecule has 12 heteroatoms. The van der Waals surface area contributed by atoms with Gasteiger partial charge in [-0.3, -0.25) is 9.78 Å². The van der Waals surface area contributed by atoms with E-state index in [0.717, 1.165) is 54.4 Å². The molecule has 5 rings (SSSR count).